The van der Waals surface area contributed by atoms with Gasteiger partial charge in [0, 0.05) is 0 Å². The van der Waals surface area contributed by atoms with Crippen molar-refractivity contribution in [3.63, 3.8) is 0 Å². The summed E-state index contributed by atoms with van der Waals surface area (Å²) in [4.78, 5) is 0. The minimum atomic E-state index is -2.19. The summed E-state index contributed by atoms with van der Waals surface area (Å²) in [5.41, 5.74) is 0. The van der Waals surface area contributed by atoms with Crippen molar-refractivity contribution in [1.29, 1.82) is 0 Å². The lowest BCUT2D eigenvalue weighted by Crippen LogP contribution is -2.65. The lowest BCUT2D eigenvalue weighted by molar-refractivity contribution is 0.229. The molecule has 272 valence electrons. The summed E-state index contributed by atoms with van der Waals surface area (Å²) >= 11 is 0. The fourth-order valence-electron chi connectivity index (χ4n) is 6.65. The fourth-order valence-corrected chi connectivity index (χ4v) is 57.4. The molecule has 0 aromatic carbocycles. The summed E-state index contributed by atoms with van der Waals surface area (Å²) in [6.45, 7) is 47.3. The molecule has 2 fully saturated rings. The molecule has 0 aromatic heterocycles. The summed E-state index contributed by atoms with van der Waals surface area (Å²) in [6.07, 6.45) is 2.17. The molecule has 45 heavy (non-hydrogen) atoms. The largest absolute Gasteiger partial charge is 0.456 e. The molecule has 0 aliphatic carbocycles. The Balaban J connectivity index is 0.000000693. The minimum Gasteiger partial charge on any atom is -0.456 e. The molecule has 2 saturated heterocycles. The molecule has 0 radical (unpaired) electrons. The van der Waals surface area contributed by atoms with Crippen LogP contribution in [-0.2, 0) is 37.0 Å². The number of hydrogen-bond acceptors (Lipinski definition) is 9. The summed E-state index contributed by atoms with van der Waals surface area (Å²) < 4.78 is 56.6. The summed E-state index contributed by atoms with van der Waals surface area (Å²) in [5.74, 6) is 0. The Morgan fingerprint density at radius 3 is 0.667 bits per heavy atom. The first-order chi connectivity index (χ1) is 19.5. The van der Waals surface area contributed by atoms with Crippen LogP contribution in [0.5, 0.6) is 0 Å². The van der Waals surface area contributed by atoms with Gasteiger partial charge in [0.15, 0.2) is 16.6 Å². The van der Waals surface area contributed by atoms with Crippen LogP contribution in [0.1, 0.15) is 26.7 Å². The molecule has 2 heterocycles. The summed E-state index contributed by atoms with van der Waals surface area (Å²) in [6, 6.07) is 2.03. The lowest BCUT2D eigenvalue weighted by Gasteiger charge is -2.48. The zero-order chi connectivity index (χ0) is 36.2. The second-order valence-corrected chi connectivity index (χ2v) is 55.4. The van der Waals surface area contributed by atoms with E-state index in [0.29, 0.717) is 0 Å². The number of rotatable bonds is 6. The van der Waals surface area contributed by atoms with Crippen molar-refractivity contribution in [3.8, 4) is 0 Å². The Labute approximate surface area is 290 Å². The Kier molecular flexibility index (Phi) is 17.1. The monoisotopic (exact) mass is 810 g/mol. The third kappa shape index (κ3) is 21.6. The quantitative estimate of drug-likeness (QED) is 0.244. The highest BCUT2D eigenvalue weighted by Crippen LogP contribution is 2.35. The van der Waals surface area contributed by atoms with Crippen LogP contribution in [0.15, 0.2) is 0 Å². The molecule has 2 rings (SSSR count). The molecule has 0 bridgehead atoms. The predicted octanol–water partition coefficient (Wildman–Crippen LogP) is 9.98. The van der Waals surface area contributed by atoms with Gasteiger partial charge in [-0.3, -0.25) is 0 Å². The van der Waals surface area contributed by atoms with Crippen molar-refractivity contribution < 1.29 is 37.0 Å². The molecule has 2 aliphatic rings. The smallest absolute Gasteiger partial charge is 0.317 e. The molecule has 0 amide bonds. The van der Waals surface area contributed by atoms with Crippen LogP contribution in [0.4, 0.5) is 0 Å². The van der Waals surface area contributed by atoms with Gasteiger partial charge in [-0.05, 0) is 143 Å². The van der Waals surface area contributed by atoms with E-state index >= 15 is 0 Å². The van der Waals surface area contributed by atoms with E-state index in [0.717, 1.165) is 24.9 Å². The van der Waals surface area contributed by atoms with Crippen LogP contribution < -0.4 is 0 Å². The van der Waals surface area contributed by atoms with Crippen LogP contribution in [0.3, 0.4) is 0 Å². The Morgan fingerprint density at radius 2 is 0.533 bits per heavy atom. The zero-order valence-electron chi connectivity index (χ0n) is 33.5. The van der Waals surface area contributed by atoms with E-state index in [2.05, 4.69) is 145 Å². The molecule has 2 aliphatic heterocycles. The first-order valence-electron chi connectivity index (χ1n) is 16.8. The minimum absolute atomic E-state index is 1.01. The van der Waals surface area contributed by atoms with Crippen molar-refractivity contribution in [3.05, 3.63) is 0 Å². The molecule has 0 saturated carbocycles. The highest BCUT2D eigenvalue weighted by atomic mass is 28.5. The van der Waals surface area contributed by atoms with Crippen LogP contribution in [0.25, 0.3) is 0 Å². The van der Waals surface area contributed by atoms with Gasteiger partial charge in [-0.1, -0.05) is 26.7 Å². The van der Waals surface area contributed by atoms with Crippen molar-refractivity contribution in [2.24, 2.45) is 0 Å². The van der Waals surface area contributed by atoms with Gasteiger partial charge >= 0.3 is 68.5 Å². The lowest BCUT2D eigenvalue weighted by atomic mass is 10.6. The molecule has 0 atom stereocenters. The standard InChI is InChI=1S/C12H32O4Si4.C8H24O4Si4.C6H18OSi2/c1-9-11-19(7)13-17(3,4)15-20(8,12-10-2)16-18(5,6)14-19;1-13(2)9-14(3,4)11-16(7,8)12-15(5,6)10-13;1-8(2,3)7-9(4,5)6/h9-12H2,1-8H3;1-8H3;1-6H3. The van der Waals surface area contributed by atoms with Crippen molar-refractivity contribution in [2.75, 3.05) is 0 Å². The molecule has 0 aromatic rings. The van der Waals surface area contributed by atoms with Crippen LogP contribution in [0.2, 0.25) is 143 Å². The maximum absolute atomic E-state index is 6.51. The average Bonchev–Trinajstić information content (AvgIpc) is 2.57. The Hall–Kier alpha value is 1.81. The first-order valence-corrected chi connectivity index (χ1v) is 45.6. The molecule has 0 spiro atoms. The fraction of sp³-hybridized carbons (Fsp3) is 1.00. The zero-order valence-corrected chi connectivity index (χ0v) is 43.5. The van der Waals surface area contributed by atoms with Crippen molar-refractivity contribution in [2.45, 2.75) is 170 Å². The van der Waals surface area contributed by atoms with Crippen LogP contribution >= 0.6 is 0 Å². The highest BCUT2D eigenvalue weighted by molar-refractivity contribution is 6.94. The van der Waals surface area contributed by atoms with E-state index in [-0.39, 0.29) is 0 Å². The van der Waals surface area contributed by atoms with E-state index in [1.807, 2.05) is 0 Å². The molecular formula is C26H74O9Si10. The summed E-state index contributed by atoms with van der Waals surface area (Å²) in [5, 5.41) is 0. The maximum atomic E-state index is 6.51. The predicted molar refractivity (Wildman–Crippen MR) is 215 cm³/mol. The first kappa shape index (κ1) is 46.8. The van der Waals surface area contributed by atoms with E-state index in [9.17, 15) is 0 Å². The Bertz CT molecular complexity index is 788. The maximum Gasteiger partial charge on any atom is 0.317 e. The van der Waals surface area contributed by atoms with E-state index in [1.165, 1.54) is 0 Å². The topological polar surface area (TPSA) is 83.1 Å². The third-order valence-electron chi connectivity index (χ3n) is 5.83. The molecule has 9 nitrogen and oxygen atoms in total. The van der Waals surface area contributed by atoms with Gasteiger partial charge in [-0.25, -0.2) is 0 Å². The van der Waals surface area contributed by atoms with Gasteiger partial charge < -0.3 is 37.0 Å². The second-order valence-electron chi connectivity index (χ2n) is 17.3. The molecular weight excluding hydrogens is 737 g/mol. The third-order valence-corrected chi connectivity index (χ3v) is 44.1. The molecule has 0 unspecified atom stereocenters. The van der Waals surface area contributed by atoms with Gasteiger partial charge in [0.25, 0.3) is 0 Å². The van der Waals surface area contributed by atoms with Crippen LogP contribution in [-0.4, -0.2) is 85.1 Å². The number of hydrogen-bond donors (Lipinski definition) is 0. The van der Waals surface area contributed by atoms with Gasteiger partial charge in [0.05, 0.1) is 0 Å². The van der Waals surface area contributed by atoms with E-state index < -0.39 is 85.1 Å². The van der Waals surface area contributed by atoms with Crippen molar-refractivity contribution in [1.82, 2.24) is 0 Å². The van der Waals surface area contributed by atoms with Gasteiger partial charge in [0.1, 0.15) is 0 Å². The van der Waals surface area contributed by atoms with E-state index in [1.54, 1.807) is 0 Å². The SMILES string of the molecule is CCC[Si]1(C)O[Si](C)(C)O[Si](C)(CCC)O[Si](C)(C)O1.C[Si](C)(C)O[Si](C)(C)C.C[Si]1(C)O[Si](C)(C)O[Si](C)(C)O[Si](C)(C)O1. The second kappa shape index (κ2) is 16.4. The van der Waals surface area contributed by atoms with E-state index in [4.69, 9.17) is 37.0 Å². The average molecular weight is 812 g/mol. The van der Waals surface area contributed by atoms with Crippen molar-refractivity contribution >= 4 is 85.1 Å². The summed E-state index contributed by atoms with van der Waals surface area (Å²) in [7, 11) is -19.6. The Morgan fingerprint density at radius 1 is 0.356 bits per heavy atom. The van der Waals surface area contributed by atoms with Gasteiger partial charge in [0.2, 0.25) is 0 Å². The molecule has 19 heteroatoms. The molecule has 0 N–H and O–H groups in total. The van der Waals surface area contributed by atoms with Gasteiger partial charge in [-0.2, -0.15) is 0 Å². The van der Waals surface area contributed by atoms with Gasteiger partial charge in [-0.15, -0.1) is 0 Å². The highest BCUT2D eigenvalue weighted by Gasteiger charge is 2.53. The van der Waals surface area contributed by atoms with Crippen LogP contribution in [0, 0.1) is 0 Å². The normalized spacial score (nSPS) is 30.5.